The summed E-state index contributed by atoms with van der Waals surface area (Å²) in [7, 11) is 0. The van der Waals surface area contributed by atoms with Gasteiger partial charge in [-0.1, -0.05) is 35.3 Å². The molecule has 1 rings (SSSR count). The molecule has 0 atom stereocenters. The van der Waals surface area contributed by atoms with Crippen molar-refractivity contribution in [1.82, 2.24) is 0 Å². The summed E-state index contributed by atoms with van der Waals surface area (Å²) in [6, 6.07) is 5.22. The smallest absolute Gasteiger partial charge is 0.330 e. The molecule has 4 heteroatoms. The Bertz CT molecular complexity index is 386. The fourth-order valence-electron chi connectivity index (χ4n) is 0.997. The summed E-state index contributed by atoms with van der Waals surface area (Å²) >= 11 is 11.7. The van der Waals surface area contributed by atoms with E-state index in [2.05, 4.69) is 0 Å². The van der Waals surface area contributed by atoms with Crippen molar-refractivity contribution >= 4 is 35.2 Å². The largest absolute Gasteiger partial charge is 0.463 e. The van der Waals surface area contributed by atoms with Crippen molar-refractivity contribution in [1.29, 1.82) is 0 Å². The highest BCUT2D eigenvalue weighted by Gasteiger charge is 2.01. The molecule has 1 aromatic rings. The first-order chi connectivity index (χ1) is 7.15. The van der Waals surface area contributed by atoms with Crippen molar-refractivity contribution in [3.63, 3.8) is 0 Å². The average Bonchev–Trinajstić information content (AvgIpc) is 2.21. The van der Waals surface area contributed by atoms with Gasteiger partial charge in [0, 0.05) is 6.08 Å². The number of carbonyl (C=O) groups is 1. The average molecular weight is 245 g/mol. The molecule has 0 bridgehead atoms. The van der Waals surface area contributed by atoms with Crippen LogP contribution in [-0.4, -0.2) is 12.6 Å². The van der Waals surface area contributed by atoms with E-state index in [4.69, 9.17) is 27.9 Å². The number of esters is 1. The van der Waals surface area contributed by atoms with Crippen LogP contribution in [0.3, 0.4) is 0 Å². The third kappa shape index (κ3) is 3.57. The van der Waals surface area contributed by atoms with Crippen molar-refractivity contribution in [3.8, 4) is 0 Å². The second kappa shape index (κ2) is 5.79. The van der Waals surface area contributed by atoms with Gasteiger partial charge in [-0.3, -0.25) is 0 Å². The Morgan fingerprint density at radius 2 is 2.20 bits per heavy atom. The van der Waals surface area contributed by atoms with Crippen LogP contribution in [0, 0.1) is 0 Å². The molecule has 0 spiro atoms. The van der Waals surface area contributed by atoms with Crippen LogP contribution < -0.4 is 0 Å². The lowest BCUT2D eigenvalue weighted by Crippen LogP contribution is -1.98. The summed E-state index contributed by atoms with van der Waals surface area (Å²) in [5.41, 5.74) is 0.692. The van der Waals surface area contributed by atoms with Crippen molar-refractivity contribution in [2.45, 2.75) is 6.92 Å². The lowest BCUT2D eigenvalue weighted by molar-refractivity contribution is -0.137. The SMILES string of the molecule is CCOC(=O)C=Cc1cccc(Cl)c1Cl. The van der Waals surface area contributed by atoms with E-state index >= 15 is 0 Å². The number of rotatable bonds is 3. The van der Waals surface area contributed by atoms with Crippen LogP contribution in [0.1, 0.15) is 12.5 Å². The molecule has 0 radical (unpaired) electrons. The molecule has 0 aromatic heterocycles. The molecular weight excluding hydrogens is 235 g/mol. The second-order valence-corrected chi connectivity index (χ2v) is 3.51. The van der Waals surface area contributed by atoms with Gasteiger partial charge in [0.05, 0.1) is 16.7 Å². The zero-order valence-corrected chi connectivity index (χ0v) is 9.68. The van der Waals surface area contributed by atoms with Gasteiger partial charge in [-0.15, -0.1) is 0 Å². The number of carbonyl (C=O) groups excluding carboxylic acids is 1. The van der Waals surface area contributed by atoms with Gasteiger partial charge < -0.3 is 4.74 Å². The maximum atomic E-state index is 11.0. The molecule has 0 N–H and O–H groups in total. The van der Waals surface area contributed by atoms with Crippen molar-refractivity contribution in [2.24, 2.45) is 0 Å². The lowest BCUT2D eigenvalue weighted by Gasteiger charge is -1.99. The third-order valence-electron chi connectivity index (χ3n) is 1.67. The van der Waals surface area contributed by atoms with Crippen LogP contribution in [0.15, 0.2) is 24.3 Å². The summed E-state index contributed by atoms with van der Waals surface area (Å²) in [5.74, 6) is -0.395. The molecule has 0 heterocycles. The lowest BCUT2D eigenvalue weighted by atomic mass is 10.2. The minimum absolute atomic E-state index is 0.354. The van der Waals surface area contributed by atoms with Gasteiger partial charge in [-0.05, 0) is 24.6 Å². The minimum atomic E-state index is -0.395. The first kappa shape index (κ1) is 12.1. The van der Waals surface area contributed by atoms with Gasteiger partial charge in [-0.25, -0.2) is 4.79 Å². The molecule has 0 saturated carbocycles. The highest BCUT2D eigenvalue weighted by molar-refractivity contribution is 6.42. The zero-order valence-electron chi connectivity index (χ0n) is 8.17. The topological polar surface area (TPSA) is 26.3 Å². The van der Waals surface area contributed by atoms with E-state index in [0.717, 1.165) is 0 Å². The van der Waals surface area contributed by atoms with E-state index in [1.54, 1.807) is 31.2 Å². The van der Waals surface area contributed by atoms with Crippen LogP contribution in [-0.2, 0) is 9.53 Å². The predicted molar refractivity (Wildman–Crippen MR) is 62.1 cm³/mol. The molecule has 0 saturated heterocycles. The molecular formula is C11H10Cl2O2. The Kier molecular flexibility index (Phi) is 4.66. The maximum Gasteiger partial charge on any atom is 0.330 e. The van der Waals surface area contributed by atoms with Gasteiger partial charge >= 0.3 is 5.97 Å². The van der Waals surface area contributed by atoms with Gasteiger partial charge in [0.1, 0.15) is 0 Å². The molecule has 0 aliphatic rings. The van der Waals surface area contributed by atoms with Gasteiger partial charge in [-0.2, -0.15) is 0 Å². The van der Waals surface area contributed by atoms with Crippen LogP contribution in [0.25, 0.3) is 6.08 Å². The molecule has 0 aliphatic carbocycles. The van der Waals surface area contributed by atoms with Crippen LogP contribution in [0.2, 0.25) is 10.0 Å². The summed E-state index contributed by atoms with van der Waals surface area (Å²) in [5, 5.41) is 0.891. The van der Waals surface area contributed by atoms with E-state index < -0.39 is 5.97 Å². The summed E-state index contributed by atoms with van der Waals surface area (Å²) in [4.78, 5) is 11.0. The maximum absolute atomic E-state index is 11.0. The van der Waals surface area contributed by atoms with Crippen molar-refractivity contribution in [3.05, 3.63) is 39.9 Å². The Hall–Kier alpha value is -0.990. The van der Waals surface area contributed by atoms with Crippen LogP contribution >= 0.6 is 23.2 Å². The van der Waals surface area contributed by atoms with Gasteiger partial charge in [0.25, 0.3) is 0 Å². The Labute approximate surface area is 98.4 Å². The van der Waals surface area contributed by atoms with Crippen molar-refractivity contribution in [2.75, 3.05) is 6.61 Å². The monoisotopic (exact) mass is 244 g/mol. The van der Waals surface area contributed by atoms with Crippen molar-refractivity contribution < 1.29 is 9.53 Å². The second-order valence-electron chi connectivity index (χ2n) is 2.73. The highest BCUT2D eigenvalue weighted by atomic mass is 35.5. The summed E-state index contributed by atoms with van der Waals surface area (Å²) in [6.45, 7) is 2.10. The zero-order chi connectivity index (χ0) is 11.3. The molecule has 80 valence electrons. The van der Waals surface area contributed by atoms with E-state index in [9.17, 15) is 4.79 Å². The predicted octanol–water partition coefficient (Wildman–Crippen LogP) is 3.57. The number of ether oxygens (including phenoxy) is 1. The molecule has 0 unspecified atom stereocenters. The molecule has 0 amide bonds. The van der Waals surface area contributed by atoms with Crippen LogP contribution in [0.5, 0.6) is 0 Å². The first-order valence-electron chi connectivity index (χ1n) is 4.44. The van der Waals surface area contributed by atoms with Gasteiger partial charge in [0.15, 0.2) is 0 Å². The molecule has 2 nitrogen and oxygen atoms in total. The normalized spacial score (nSPS) is 10.6. The number of benzene rings is 1. The third-order valence-corrected chi connectivity index (χ3v) is 2.50. The Balaban J connectivity index is 2.81. The highest BCUT2D eigenvalue weighted by Crippen LogP contribution is 2.26. The number of hydrogen-bond donors (Lipinski definition) is 0. The minimum Gasteiger partial charge on any atom is -0.463 e. The molecule has 0 aliphatic heterocycles. The standard InChI is InChI=1S/C11H10Cl2O2/c1-2-15-10(14)7-6-8-4-3-5-9(12)11(8)13/h3-7H,2H2,1H3. The fourth-order valence-corrected chi connectivity index (χ4v) is 1.37. The van der Waals surface area contributed by atoms with Gasteiger partial charge in [0.2, 0.25) is 0 Å². The molecule has 15 heavy (non-hydrogen) atoms. The Morgan fingerprint density at radius 1 is 1.47 bits per heavy atom. The van der Waals surface area contributed by atoms with E-state index in [-0.39, 0.29) is 0 Å². The van der Waals surface area contributed by atoms with E-state index in [1.807, 2.05) is 0 Å². The number of halogens is 2. The van der Waals surface area contributed by atoms with E-state index in [1.165, 1.54) is 6.08 Å². The first-order valence-corrected chi connectivity index (χ1v) is 5.19. The Morgan fingerprint density at radius 3 is 2.87 bits per heavy atom. The quantitative estimate of drug-likeness (QED) is 0.601. The molecule has 0 fully saturated rings. The van der Waals surface area contributed by atoms with E-state index in [0.29, 0.717) is 22.2 Å². The van der Waals surface area contributed by atoms with Crippen LogP contribution in [0.4, 0.5) is 0 Å². The summed E-state index contributed by atoms with van der Waals surface area (Å²) in [6.07, 6.45) is 2.90. The molecule has 1 aromatic carbocycles. The number of hydrogen-bond acceptors (Lipinski definition) is 2. The summed E-state index contributed by atoms with van der Waals surface area (Å²) < 4.78 is 4.73. The fraction of sp³-hybridized carbons (Fsp3) is 0.182.